The van der Waals surface area contributed by atoms with Crippen molar-refractivity contribution < 1.29 is 33.8 Å². The normalized spacial score (nSPS) is 21.9. The van der Waals surface area contributed by atoms with Crippen LogP contribution in [-0.4, -0.2) is 59.2 Å². The number of nitrogens with one attached hydrogen (secondary N) is 2. The molecule has 0 spiro atoms. The molecule has 2 aliphatic heterocycles. The topological polar surface area (TPSA) is 134 Å². The number of fused-ring (bicyclic) bond motifs is 1. The van der Waals surface area contributed by atoms with Crippen molar-refractivity contribution in [2.75, 3.05) is 13.2 Å². The number of rotatable bonds is 7. The lowest BCUT2D eigenvalue weighted by atomic mass is 9.92. The Hall–Kier alpha value is -4.96. The summed E-state index contributed by atoms with van der Waals surface area (Å²) in [6.45, 7) is 0.0503. The number of aliphatic hydroxyl groups excluding tert-OH is 1. The predicted molar refractivity (Wildman–Crippen MR) is 170 cm³/mol. The number of cyclic esters (lactones) is 1. The van der Waals surface area contributed by atoms with E-state index in [1.807, 2.05) is 84.9 Å². The molecule has 3 N–H and O–H groups in total. The Morgan fingerprint density at radius 3 is 2.33 bits per heavy atom. The number of alkyl carbamates (subject to hydrolysis) is 1. The quantitative estimate of drug-likeness (QED) is 0.267. The van der Waals surface area contributed by atoms with Gasteiger partial charge in [0.1, 0.15) is 19.3 Å². The Morgan fingerprint density at radius 2 is 1.59 bits per heavy atom. The second kappa shape index (κ2) is 15.9. The molecule has 0 saturated carbocycles. The zero-order chi connectivity index (χ0) is 32.3. The number of hydrogen-bond donors (Lipinski definition) is 3. The van der Waals surface area contributed by atoms with Gasteiger partial charge in [-0.05, 0) is 41.5 Å². The zero-order valence-electron chi connectivity index (χ0n) is 25.5. The van der Waals surface area contributed by atoms with E-state index in [-0.39, 0.29) is 56.9 Å². The van der Waals surface area contributed by atoms with Gasteiger partial charge in [0.15, 0.2) is 0 Å². The lowest BCUT2D eigenvalue weighted by molar-refractivity contribution is -0.147. The molecular formula is C36H39N3O7. The highest BCUT2D eigenvalue weighted by Crippen LogP contribution is 2.26. The second-order valence-corrected chi connectivity index (χ2v) is 11.5. The Bertz CT molecular complexity index is 1530. The summed E-state index contributed by atoms with van der Waals surface area (Å²) in [6.07, 6.45) is 3.48. The molecule has 0 aromatic heterocycles. The highest BCUT2D eigenvalue weighted by molar-refractivity contribution is 5.87. The third-order valence-corrected chi connectivity index (χ3v) is 8.34. The van der Waals surface area contributed by atoms with Crippen LogP contribution in [0.2, 0.25) is 0 Å². The molecule has 0 fully saturated rings. The minimum absolute atomic E-state index is 0.0435. The van der Waals surface area contributed by atoms with Gasteiger partial charge in [0.25, 0.3) is 0 Å². The molecule has 0 unspecified atom stereocenters. The Morgan fingerprint density at radius 1 is 0.913 bits per heavy atom. The average Bonchev–Trinajstić information content (AvgIpc) is 3.09. The van der Waals surface area contributed by atoms with E-state index in [1.165, 1.54) is 0 Å². The number of benzene rings is 3. The fraction of sp³-hybridized carbons (Fsp3) is 0.333. The van der Waals surface area contributed by atoms with Crippen molar-refractivity contribution in [1.29, 1.82) is 0 Å². The minimum atomic E-state index is -1.02. The van der Waals surface area contributed by atoms with Crippen LogP contribution in [0.3, 0.4) is 0 Å². The molecule has 5 rings (SSSR count). The van der Waals surface area contributed by atoms with Crippen molar-refractivity contribution >= 4 is 23.9 Å². The van der Waals surface area contributed by atoms with Gasteiger partial charge < -0.3 is 30.1 Å². The number of carbonyl (C=O) groups excluding carboxylic acids is 4. The van der Waals surface area contributed by atoms with Gasteiger partial charge in [0.2, 0.25) is 11.8 Å². The molecule has 2 aliphatic rings. The zero-order valence-corrected chi connectivity index (χ0v) is 25.5. The van der Waals surface area contributed by atoms with Gasteiger partial charge in [0, 0.05) is 13.0 Å². The predicted octanol–water partition coefficient (Wildman–Crippen LogP) is 3.98. The third-order valence-electron chi connectivity index (χ3n) is 8.34. The van der Waals surface area contributed by atoms with Gasteiger partial charge in [0.05, 0.1) is 24.6 Å². The van der Waals surface area contributed by atoms with Crippen LogP contribution < -0.4 is 10.6 Å². The fourth-order valence-electron chi connectivity index (χ4n) is 5.73. The summed E-state index contributed by atoms with van der Waals surface area (Å²) in [5.74, 6) is -1.95. The molecule has 0 saturated heterocycles. The lowest BCUT2D eigenvalue weighted by Gasteiger charge is -2.36. The number of nitrogens with zero attached hydrogens (tertiary/aromatic N) is 1. The first-order valence-corrected chi connectivity index (χ1v) is 15.5. The van der Waals surface area contributed by atoms with Gasteiger partial charge in [-0.3, -0.25) is 9.59 Å². The monoisotopic (exact) mass is 625 g/mol. The molecule has 240 valence electrons. The Balaban J connectivity index is 1.31. The van der Waals surface area contributed by atoms with Crippen molar-refractivity contribution in [1.82, 2.24) is 15.5 Å². The molecule has 0 radical (unpaired) electrons. The first-order chi connectivity index (χ1) is 22.4. The summed E-state index contributed by atoms with van der Waals surface area (Å²) in [5, 5.41) is 15.7. The van der Waals surface area contributed by atoms with Crippen molar-refractivity contribution in [3.63, 3.8) is 0 Å². The number of allylic oxidation sites excluding steroid dienone is 1. The molecule has 46 heavy (non-hydrogen) atoms. The van der Waals surface area contributed by atoms with E-state index in [4.69, 9.17) is 9.47 Å². The summed E-state index contributed by atoms with van der Waals surface area (Å²) >= 11 is 0. The molecule has 0 bridgehead atoms. The largest absolute Gasteiger partial charge is 0.462 e. The van der Waals surface area contributed by atoms with Gasteiger partial charge in [-0.2, -0.15) is 0 Å². The molecule has 10 heteroatoms. The molecule has 0 aliphatic carbocycles. The number of hydrogen-bond acceptors (Lipinski definition) is 7. The van der Waals surface area contributed by atoms with Crippen molar-refractivity contribution in [3.8, 4) is 0 Å². The Labute approximate surface area is 268 Å². The fourth-order valence-corrected chi connectivity index (χ4v) is 5.73. The standard InChI is InChI=1S/C36H39N3O7/c40-22-30-19-27-15-7-8-17-29(27)21-39(30)33(41)20-28-16-9-10-18-31(38-36(44)46-23-25-11-3-1-4-12-25)35(43)45-24-32(37-34(28)42)26-13-5-2-6-14-26/h1-15,17,28,30-32,40H,16,18-24H2,(H,37,42)(H,38,44)/t28-,30+,31-,32-/m1/s1. The summed E-state index contributed by atoms with van der Waals surface area (Å²) < 4.78 is 10.9. The van der Waals surface area contributed by atoms with E-state index in [9.17, 15) is 24.3 Å². The molecule has 4 atom stereocenters. The van der Waals surface area contributed by atoms with Crippen molar-refractivity contribution in [2.24, 2.45) is 5.92 Å². The van der Waals surface area contributed by atoms with Crippen LogP contribution in [0.25, 0.3) is 0 Å². The summed E-state index contributed by atoms with van der Waals surface area (Å²) in [5.41, 5.74) is 3.65. The maximum absolute atomic E-state index is 13.7. The summed E-state index contributed by atoms with van der Waals surface area (Å²) in [6, 6.07) is 24.1. The van der Waals surface area contributed by atoms with Crippen molar-refractivity contribution in [3.05, 3.63) is 119 Å². The molecule has 10 nitrogen and oxygen atoms in total. The van der Waals surface area contributed by atoms with Crippen molar-refractivity contribution in [2.45, 2.75) is 57.0 Å². The van der Waals surface area contributed by atoms with E-state index in [1.54, 1.807) is 17.1 Å². The van der Waals surface area contributed by atoms with E-state index >= 15 is 0 Å². The molecular weight excluding hydrogens is 586 g/mol. The van der Waals surface area contributed by atoms with E-state index < -0.39 is 30.1 Å². The molecule has 2 heterocycles. The number of ether oxygens (including phenoxy) is 2. The second-order valence-electron chi connectivity index (χ2n) is 11.5. The maximum atomic E-state index is 13.7. The molecule has 3 aromatic rings. The van der Waals surface area contributed by atoms with E-state index in [2.05, 4.69) is 10.6 Å². The Kier molecular flexibility index (Phi) is 11.2. The number of aliphatic hydroxyl groups is 1. The number of esters is 1. The molecule has 3 aromatic carbocycles. The SMILES string of the molecule is O=C(N[C@@H]1CC=CC[C@H](CC(=O)N2Cc3ccccc3C[C@H]2CO)C(=O)N[C@@H](c2ccccc2)COC1=O)OCc1ccccc1. The van der Waals surface area contributed by atoms with Crippen LogP contribution in [0.1, 0.15) is 47.6 Å². The van der Waals surface area contributed by atoms with Gasteiger partial charge >= 0.3 is 12.1 Å². The molecule has 3 amide bonds. The van der Waals surface area contributed by atoms with Gasteiger partial charge in [-0.25, -0.2) is 9.59 Å². The van der Waals surface area contributed by atoms with Gasteiger partial charge in [-0.15, -0.1) is 0 Å². The van der Waals surface area contributed by atoms with Crippen LogP contribution in [0, 0.1) is 5.92 Å². The van der Waals surface area contributed by atoms with E-state index in [0.29, 0.717) is 13.0 Å². The average molecular weight is 626 g/mol. The van der Waals surface area contributed by atoms with Crippen LogP contribution in [0.5, 0.6) is 0 Å². The number of amides is 3. The third kappa shape index (κ3) is 8.60. The maximum Gasteiger partial charge on any atom is 0.408 e. The van der Waals surface area contributed by atoms with E-state index in [0.717, 1.165) is 22.3 Å². The lowest BCUT2D eigenvalue weighted by Crippen LogP contribution is -2.48. The van der Waals surface area contributed by atoms with Crippen LogP contribution >= 0.6 is 0 Å². The van der Waals surface area contributed by atoms with Crippen LogP contribution in [-0.2, 0) is 43.4 Å². The first kappa shape index (κ1) is 32.4. The van der Waals surface area contributed by atoms with Gasteiger partial charge in [-0.1, -0.05) is 97.1 Å². The highest BCUT2D eigenvalue weighted by Gasteiger charge is 2.33. The minimum Gasteiger partial charge on any atom is -0.462 e. The summed E-state index contributed by atoms with van der Waals surface area (Å²) in [4.78, 5) is 54.7. The summed E-state index contributed by atoms with van der Waals surface area (Å²) in [7, 11) is 0. The highest BCUT2D eigenvalue weighted by atomic mass is 16.6. The smallest absolute Gasteiger partial charge is 0.408 e. The van der Waals surface area contributed by atoms with Crippen LogP contribution in [0.15, 0.2) is 97.1 Å². The van der Waals surface area contributed by atoms with Crippen LogP contribution in [0.4, 0.5) is 4.79 Å². The first-order valence-electron chi connectivity index (χ1n) is 15.5. The number of carbonyl (C=O) groups is 4.